The Bertz CT molecular complexity index is 876. The number of benzene rings is 2. The predicted molar refractivity (Wildman–Crippen MR) is 89.4 cm³/mol. The largest absolute Gasteiger partial charge is 0.508 e. The maximum absolute atomic E-state index is 12.7. The van der Waals surface area contributed by atoms with Gasteiger partial charge in [0.1, 0.15) is 11.5 Å². The Morgan fingerprint density at radius 1 is 1.00 bits per heavy atom. The summed E-state index contributed by atoms with van der Waals surface area (Å²) in [5.74, 6) is -1.72. The van der Waals surface area contributed by atoms with Gasteiger partial charge in [0.05, 0.1) is 18.3 Å². The average molecular weight is 343 g/mol. The number of carbonyl (C=O) groups is 2. The van der Waals surface area contributed by atoms with Gasteiger partial charge in [0.25, 0.3) is 0 Å². The van der Waals surface area contributed by atoms with Crippen molar-refractivity contribution in [1.82, 2.24) is 0 Å². The summed E-state index contributed by atoms with van der Waals surface area (Å²) >= 11 is 0. The number of aromatic hydroxyl groups is 2. The van der Waals surface area contributed by atoms with E-state index >= 15 is 0 Å². The van der Waals surface area contributed by atoms with Gasteiger partial charge in [-0.1, -0.05) is 0 Å². The van der Waals surface area contributed by atoms with E-state index in [2.05, 4.69) is 0 Å². The third-order valence-corrected chi connectivity index (χ3v) is 4.20. The molecule has 0 saturated heterocycles. The molecule has 0 bridgehead atoms. The molecule has 1 unspecified atom stereocenters. The van der Waals surface area contributed by atoms with E-state index in [1.807, 2.05) is 0 Å². The number of ketones is 2. The number of rotatable bonds is 4. The minimum atomic E-state index is -0.937. The van der Waals surface area contributed by atoms with Crippen LogP contribution in [0.5, 0.6) is 11.5 Å². The first-order valence-corrected chi connectivity index (χ1v) is 7.63. The number of likely N-dealkylation sites (N-methyl/N-ethyl adjacent to an activating group) is 1. The fourth-order valence-electron chi connectivity index (χ4n) is 2.94. The van der Waals surface area contributed by atoms with Crippen molar-refractivity contribution in [3.63, 3.8) is 0 Å². The van der Waals surface area contributed by atoms with Gasteiger partial charge < -0.3 is 25.3 Å². The zero-order chi connectivity index (χ0) is 18.3. The fraction of sp³-hybridized carbons (Fsp3) is 0.222. The number of phenolic OH excluding ortho intramolecular Hbond substituents is 2. The summed E-state index contributed by atoms with van der Waals surface area (Å²) in [6.07, 6.45) is -0.937. The molecule has 1 aliphatic carbocycles. The lowest BCUT2D eigenvalue weighted by Gasteiger charge is -2.24. The van der Waals surface area contributed by atoms with Crippen LogP contribution in [0.15, 0.2) is 30.3 Å². The van der Waals surface area contributed by atoms with Crippen molar-refractivity contribution in [3.8, 4) is 11.5 Å². The number of fused-ring (bicyclic) bond motifs is 2. The number of anilines is 1. The molecule has 130 valence electrons. The minimum absolute atomic E-state index is 0.0507. The molecule has 1 aliphatic rings. The van der Waals surface area contributed by atoms with Gasteiger partial charge in [-0.2, -0.15) is 0 Å². The molecule has 3 rings (SSSR count). The first-order chi connectivity index (χ1) is 11.8. The lowest BCUT2D eigenvalue weighted by molar-refractivity contribution is 0.0976. The number of nitrogens with zero attached hydrogens (tertiary/aromatic N) is 1. The summed E-state index contributed by atoms with van der Waals surface area (Å²) < 4.78 is 0. The maximum Gasteiger partial charge on any atom is 0.198 e. The van der Waals surface area contributed by atoms with Crippen molar-refractivity contribution >= 4 is 17.3 Å². The molecule has 0 aliphatic heterocycles. The van der Waals surface area contributed by atoms with Crippen LogP contribution in [0, 0.1) is 0 Å². The van der Waals surface area contributed by atoms with Crippen molar-refractivity contribution in [2.24, 2.45) is 0 Å². The lowest BCUT2D eigenvalue weighted by Crippen LogP contribution is -2.31. The van der Waals surface area contributed by atoms with Gasteiger partial charge in [-0.3, -0.25) is 9.59 Å². The van der Waals surface area contributed by atoms with E-state index in [9.17, 15) is 24.9 Å². The van der Waals surface area contributed by atoms with Crippen LogP contribution < -0.4 is 4.90 Å². The molecular weight excluding hydrogens is 326 g/mol. The predicted octanol–water partition coefficient (Wildman–Crippen LogP) is 0.663. The number of hydrogen-bond donors (Lipinski definition) is 4. The summed E-state index contributed by atoms with van der Waals surface area (Å²) in [5.41, 5.74) is 0.737. The molecule has 4 N–H and O–H groups in total. The summed E-state index contributed by atoms with van der Waals surface area (Å²) in [6, 6.07) is 6.81. The van der Waals surface area contributed by atoms with Crippen molar-refractivity contribution in [2.75, 3.05) is 25.1 Å². The van der Waals surface area contributed by atoms with E-state index in [0.717, 1.165) is 12.1 Å². The second-order valence-corrected chi connectivity index (χ2v) is 5.99. The third-order valence-electron chi connectivity index (χ3n) is 4.20. The average Bonchev–Trinajstić information content (AvgIpc) is 2.58. The molecule has 0 fully saturated rings. The molecule has 0 spiro atoms. The summed E-state index contributed by atoms with van der Waals surface area (Å²) in [7, 11) is 1.68. The van der Waals surface area contributed by atoms with Crippen LogP contribution in [0.3, 0.4) is 0 Å². The number of hydrogen-bond acceptors (Lipinski definition) is 7. The van der Waals surface area contributed by atoms with Crippen molar-refractivity contribution in [3.05, 3.63) is 52.6 Å². The van der Waals surface area contributed by atoms with Crippen LogP contribution >= 0.6 is 0 Å². The van der Waals surface area contributed by atoms with E-state index in [1.54, 1.807) is 18.0 Å². The molecule has 2 aromatic carbocycles. The Labute approximate surface area is 143 Å². The van der Waals surface area contributed by atoms with E-state index in [0.29, 0.717) is 5.69 Å². The Kier molecular flexibility index (Phi) is 4.20. The van der Waals surface area contributed by atoms with Gasteiger partial charge in [0.15, 0.2) is 11.6 Å². The van der Waals surface area contributed by atoms with Crippen molar-refractivity contribution in [2.45, 2.75) is 6.10 Å². The van der Waals surface area contributed by atoms with Crippen molar-refractivity contribution in [1.29, 1.82) is 0 Å². The molecule has 1 atom stereocenters. The molecular formula is C18H17NO6. The molecule has 0 heterocycles. The van der Waals surface area contributed by atoms with Crippen LogP contribution in [0.25, 0.3) is 0 Å². The fourth-order valence-corrected chi connectivity index (χ4v) is 2.94. The lowest BCUT2D eigenvalue weighted by atomic mass is 9.83. The standard InChI is InChI=1S/C18H17NO6/c1-19(7-11(22)8-20)9-2-3-12-13(4-9)17(24)14-5-10(21)6-15(23)16(14)18(12)25/h2-6,11,20-23H,7-8H2,1H3. The third kappa shape index (κ3) is 2.84. The van der Waals surface area contributed by atoms with Crippen molar-refractivity contribution < 1.29 is 30.0 Å². The van der Waals surface area contributed by atoms with Gasteiger partial charge in [0.2, 0.25) is 0 Å². The molecule has 2 aromatic rings. The first kappa shape index (κ1) is 16.9. The Balaban J connectivity index is 2.06. The highest BCUT2D eigenvalue weighted by Gasteiger charge is 2.33. The Hall–Kier alpha value is -2.90. The smallest absolute Gasteiger partial charge is 0.198 e. The van der Waals surface area contributed by atoms with Crippen LogP contribution in [-0.4, -0.2) is 58.3 Å². The maximum atomic E-state index is 12.7. The Morgan fingerprint density at radius 3 is 2.40 bits per heavy atom. The van der Waals surface area contributed by atoms with Gasteiger partial charge in [-0.15, -0.1) is 0 Å². The molecule has 0 aromatic heterocycles. The van der Waals surface area contributed by atoms with Gasteiger partial charge in [-0.25, -0.2) is 0 Å². The summed E-state index contributed by atoms with van der Waals surface area (Å²) in [4.78, 5) is 27.0. The highest BCUT2D eigenvalue weighted by atomic mass is 16.3. The van der Waals surface area contributed by atoms with Crippen LogP contribution in [0.1, 0.15) is 31.8 Å². The van der Waals surface area contributed by atoms with Crippen LogP contribution in [0.2, 0.25) is 0 Å². The normalized spacial score (nSPS) is 14.0. The SMILES string of the molecule is CN(CC(O)CO)c1ccc2c(c1)C(=O)c1cc(O)cc(O)c1C2=O. The van der Waals surface area contributed by atoms with Gasteiger partial charge in [0, 0.05) is 42.0 Å². The molecule has 0 radical (unpaired) electrons. The second-order valence-electron chi connectivity index (χ2n) is 5.99. The quantitative estimate of drug-likeness (QED) is 0.549. The topological polar surface area (TPSA) is 118 Å². The molecule has 7 heteroatoms. The zero-order valence-electron chi connectivity index (χ0n) is 13.4. The molecule has 25 heavy (non-hydrogen) atoms. The first-order valence-electron chi connectivity index (χ1n) is 7.63. The highest BCUT2D eigenvalue weighted by molar-refractivity contribution is 6.29. The summed E-state index contributed by atoms with van der Waals surface area (Å²) in [5, 5.41) is 38.0. The Morgan fingerprint density at radius 2 is 1.72 bits per heavy atom. The van der Waals surface area contributed by atoms with E-state index in [4.69, 9.17) is 5.11 Å². The minimum Gasteiger partial charge on any atom is -0.508 e. The monoisotopic (exact) mass is 343 g/mol. The number of aliphatic hydroxyl groups excluding tert-OH is 2. The zero-order valence-corrected chi connectivity index (χ0v) is 13.4. The van der Waals surface area contributed by atoms with Gasteiger partial charge >= 0.3 is 0 Å². The summed E-state index contributed by atoms with van der Waals surface area (Å²) in [6.45, 7) is -0.242. The second kappa shape index (κ2) is 6.19. The van der Waals surface area contributed by atoms with Crippen LogP contribution in [0.4, 0.5) is 5.69 Å². The number of aliphatic hydroxyl groups is 2. The van der Waals surface area contributed by atoms with E-state index < -0.39 is 30.0 Å². The molecule has 0 saturated carbocycles. The van der Waals surface area contributed by atoms with E-state index in [-0.39, 0.29) is 34.5 Å². The molecule has 0 amide bonds. The molecule has 7 nitrogen and oxygen atoms in total. The number of carbonyl (C=O) groups excluding carboxylic acids is 2. The highest BCUT2D eigenvalue weighted by Crippen LogP contribution is 2.36. The van der Waals surface area contributed by atoms with Crippen LogP contribution in [-0.2, 0) is 0 Å². The van der Waals surface area contributed by atoms with E-state index in [1.165, 1.54) is 12.1 Å². The van der Waals surface area contributed by atoms with Gasteiger partial charge in [-0.05, 0) is 24.3 Å². The number of phenols is 2.